The van der Waals surface area contributed by atoms with Crippen LogP contribution in [0.3, 0.4) is 0 Å². The second-order valence-corrected chi connectivity index (χ2v) is 6.58. The van der Waals surface area contributed by atoms with Crippen molar-refractivity contribution < 1.29 is 0 Å². The lowest BCUT2D eigenvalue weighted by Crippen LogP contribution is -2.43. The van der Waals surface area contributed by atoms with Crippen LogP contribution in [0.2, 0.25) is 0 Å². The van der Waals surface area contributed by atoms with E-state index in [1.807, 2.05) is 0 Å². The number of nitrogens with zero attached hydrogens (tertiary/aromatic N) is 1. The standard InChI is InChI=1S/C18H28N2/c1-3-19-18-16-9-5-4-7-15(16)8-6-10-17(18)20-12-11-14(2)13-20/h4-5,7,9,14,17-19H,3,6,8,10-13H2,1-2H3. The fraction of sp³-hybridized carbons (Fsp3) is 0.667. The lowest BCUT2D eigenvalue weighted by Gasteiger charge is -2.35. The summed E-state index contributed by atoms with van der Waals surface area (Å²) >= 11 is 0. The Morgan fingerprint density at radius 3 is 2.85 bits per heavy atom. The first-order valence-electron chi connectivity index (χ1n) is 8.34. The minimum Gasteiger partial charge on any atom is -0.309 e. The molecule has 2 aliphatic rings. The van der Waals surface area contributed by atoms with Gasteiger partial charge in [0.1, 0.15) is 0 Å². The van der Waals surface area contributed by atoms with Crippen LogP contribution in [-0.2, 0) is 6.42 Å². The molecule has 0 radical (unpaired) electrons. The molecule has 1 aromatic carbocycles. The van der Waals surface area contributed by atoms with Crippen LogP contribution in [0.15, 0.2) is 24.3 Å². The van der Waals surface area contributed by atoms with Crippen LogP contribution < -0.4 is 5.32 Å². The summed E-state index contributed by atoms with van der Waals surface area (Å²) in [6, 6.07) is 10.3. The number of likely N-dealkylation sites (N-methyl/N-ethyl adjacent to an activating group) is 1. The number of rotatable bonds is 3. The Morgan fingerprint density at radius 2 is 2.10 bits per heavy atom. The number of hydrogen-bond acceptors (Lipinski definition) is 2. The topological polar surface area (TPSA) is 15.3 Å². The van der Waals surface area contributed by atoms with Crippen LogP contribution in [0.4, 0.5) is 0 Å². The van der Waals surface area contributed by atoms with Gasteiger partial charge in [-0.25, -0.2) is 0 Å². The van der Waals surface area contributed by atoms with Crippen molar-refractivity contribution >= 4 is 0 Å². The van der Waals surface area contributed by atoms with Crippen LogP contribution >= 0.6 is 0 Å². The van der Waals surface area contributed by atoms with Crippen molar-refractivity contribution in [2.24, 2.45) is 5.92 Å². The van der Waals surface area contributed by atoms with Crippen molar-refractivity contribution in [2.45, 2.75) is 51.6 Å². The number of benzene rings is 1. The van der Waals surface area contributed by atoms with E-state index >= 15 is 0 Å². The minimum atomic E-state index is 0.518. The first kappa shape index (κ1) is 14.1. The number of nitrogens with one attached hydrogen (secondary N) is 1. The Kier molecular flexibility index (Phi) is 4.42. The molecule has 0 saturated carbocycles. The highest BCUT2D eigenvalue weighted by Gasteiger charge is 2.34. The number of likely N-dealkylation sites (tertiary alicyclic amines) is 1. The average molecular weight is 272 g/mol. The maximum absolute atomic E-state index is 3.78. The van der Waals surface area contributed by atoms with Gasteiger partial charge in [0.2, 0.25) is 0 Å². The maximum Gasteiger partial charge on any atom is 0.0480 e. The molecule has 110 valence electrons. The van der Waals surface area contributed by atoms with Crippen LogP contribution in [0.5, 0.6) is 0 Å². The molecule has 0 aromatic heterocycles. The van der Waals surface area contributed by atoms with Gasteiger partial charge >= 0.3 is 0 Å². The van der Waals surface area contributed by atoms with E-state index < -0.39 is 0 Å². The predicted molar refractivity (Wildman–Crippen MR) is 84.9 cm³/mol. The smallest absolute Gasteiger partial charge is 0.0480 e. The summed E-state index contributed by atoms with van der Waals surface area (Å²) in [6.07, 6.45) is 5.28. The van der Waals surface area contributed by atoms with E-state index in [9.17, 15) is 0 Å². The molecule has 1 aliphatic carbocycles. The molecule has 2 nitrogen and oxygen atoms in total. The lowest BCUT2D eigenvalue weighted by atomic mass is 9.95. The Labute approximate surface area is 123 Å². The second-order valence-electron chi connectivity index (χ2n) is 6.58. The fourth-order valence-corrected chi connectivity index (χ4v) is 4.07. The van der Waals surface area contributed by atoms with Gasteiger partial charge in [-0.05, 0) is 55.8 Å². The molecule has 0 bridgehead atoms. The third-order valence-corrected chi connectivity index (χ3v) is 5.07. The van der Waals surface area contributed by atoms with Gasteiger partial charge < -0.3 is 5.32 Å². The SMILES string of the molecule is CCNC1c2ccccc2CCCC1N1CCC(C)C1. The van der Waals surface area contributed by atoms with Crippen LogP contribution in [0.1, 0.15) is 50.3 Å². The molecule has 2 heteroatoms. The Morgan fingerprint density at radius 1 is 1.25 bits per heavy atom. The second kappa shape index (κ2) is 6.28. The Hall–Kier alpha value is -0.860. The van der Waals surface area contributed by atoms with E-state index in [0.29, 0.717) is 12.1 Å². The Bertz CT molecular complexity index is 443. The normalized spacial score (nSPS) is 31.0. The summed E-state index contributed by atoms with van der Waals surface area (Å²) in [6.45, 7) is 8.26. The van der Waals surface area contributed by atoms with Gasteiger partial charge in [-0.2, -0.15) is 0 Å². The molecule has 3 rings (SSSR count). The summed E-state index contributed by atoms with van der Waals surface area (Å²) in [4.78, 5) is 2.75. The third-order valence-electron chi connectivity index (χ3n) is 5.07. The molecule has 1 saturated heterocycles. The van der Waals surface area contributed by atoms with E-state index in [0.717, 1.165) is 12.5 Å². The molecule has 1 aromatic rings. The first-order valence-corrected chi connectivity index (χ1v) is 8.34. The maximum atomic E-state index is 3.78. The molecule has 0 amide bonds. The zero-order chi connectivity index (χ0) is 13.9. The highest BCUT2D eigenvalue weighted by molar-refractivity contribution is 5.32. The highest BCUT2D eigenvalue weighted by Crippen LogP contribution is 2.34. The molecule has 1 heterocycles. The van der Waals surface area contributed by atoms with Crippen LogP contribution in [-0.4, -0.2) is 30.6 Å². The van der Waals surface area contributed by atoms with E-state index in [2.05, 4.69) is 48.3 Å². The van der Waals surface area contributed by atoms with Gasteiger partial charge in [-0.3, -0.25) is 4.90 Å². The minimum absolute atomic E-state index is 0.518. The molecular formula is C18H28N2. The molecule has 3 unspecified atom stereocenters. The molecule has 1 fully saturated rings. The van der Waals surface area contributed by atoms with Gasteiger partial charge in [0.05, 0.1) is 0 Å². The quantitative estimate of drug-likeness (QED) is 0.849. The summed E-state index contributed by atoms with van der Waals surface area (Å²) in [5.41, 5.74) is 3.12. The molecule has 1 N–H and O–H groups in total. The number of fused-ring (bicyclic) bond motifs is 1. The van der Waals surface area contributed by atoms with E-state index in [4.69, 9.17) is 0 Å². The molecular weight excluding hydrogens is 244 g/mol. The van der Waals surface area contributed by atoms with Crippen molar-refractivity contribution in [2.75, 3.05) is 19.6 Å². The van der Waals surface area contributed by atoms with Gasteiger partial charge in [-0.15, -0.1) is 0 Å². The predicted octanol–water partition coefficient (Wildman–Crippen LogP) is 3.38. The monoisotopic (exact) mass is 272 g/mol. The number of aryl methyl sites for hydroxylation is 1. The van der Waals surface area contributed by atoms with Crippen LogP contribution in [0.25, 0.3) is 0 Å². The van der Waals surface area contributed by atoms with Crippen molar-refractivity contribution in [3.05, 3.63) is 35.4 Å². The van der Waals surface area contributed by atoms with E-state index in [-0.39, 0.29) is 0 Å². The van der Waals surface area contributed by atoms with Gasteiger partial charge in [0.25, 0.3) is 0 Å². The molecule has 1 aliphatic heterocycles. The average Bonchev–Trinajstić information content (AvgIpc) is 2.80. The van der Waals surface area contributed by atoms with E-state index in [1.165, 1.54) is 38.8 Å². The zero-order valence-corrected chi connectivity index (χ0v) is 12.9. The lowest BCUT2D eigenvalue weighted by molar-refractivity contribution is 0.178. The van der Waals surface area contributed by atoms with Gasteiger partial charge in [-0.1, -0.05) is 38.1 Å². The summed E-state index contributed by atoms with van der Waals surface area (Å²) in [5, 5.41) is 3.78. The summed E-state index contributed by atoms with van der Waals surface area (Å²) in [5.74, 6) is 0.871. The van der Waals surface area contributed by atoms with Crippen molar-refractivity contribution in [1.29, 1.82) is 0 Å². The van der Waals surface area contributed by atoms with Gasteiger partial charge in [0.15, 0.2) is 0 Å². The Balaban J connectivity index is 1.89. The van der Waals surface area contributed by atoms with Crippen molar-refractivity contribution in [3.8, 4) is 0 Å². The van der Waals surface area contributed by atoms with Crippen molar-refractivity contribution in [3.63, 3.8) is 0 Å². The summed E-state index contributed by atoms with van der Waals surface area (Å²) in [7, 11) is 0. The van der Waals surface area contributed by atoms with Crippen molar-refractivity contribution in [1.82, 2.24) is 10.2 Å². The summed E-state index contributed by atoms with van der Waals surface area (Å²) < 4.78 is 0. The molecule has 20 heavy (non-hydrogen) atoms. The van der Waals surface area contributed by atoms with Crippen LogP contribution in [0, 0.1) is 5.92 Å². The third kappa shape index (κ3) is 2.77. The number of hydrogen-bond donors (Lipinski definition) is 1. The largest absolute Gasteiger partial charge is 0.309 e. The van der Waals surface area contributed by atoms with E-state index in [1.54, 1.807) is 11.1 Å². The highest BCUT2D eigenvalue weighted by atomic mass is 15.2. The first-order chi connectivity index (χ1) is 9.79. The molecule has 3 atom stereocenters. The fourth-order valence-electron chi connectivity index (χ4n) is 4.07. The zero-order valence-electron chi connectivity index (χ0n) is 12.9. The molecule has 0 spiro atoms. The van der Waals surface area contributed by atoms with Gasteiger partial charge in [0, 0.05) is 18.6 Å².